The average Bonchev–Trinajstić information content (AvgIpc) is 2.21. The first kappa shape index (κ1) is 13.9. The largest absolute Gasteiger partial charge is 0.390 e. The summed E-state index contributed by atoms with van der Waals surface area (Å²) in [6.07, 6.45) is 1.94. The van der Waals surface area contributed by atoms with Gasteiger partial charge >= 0.3 is 0 Å². The minimum atomic E-state index is -1.05. The van der Waals surface area contributed by atoms with E-state index in [-0.39, 0.29) is 5.92 Å². The molecule has 4 nitrogen and oxygen atoms in total. The van der Waals surface area contributed by atoms with Crippen LogP contribution in [0.3, 0.4) is 0 Å². The van der Waals surface area contributed by atoms with Gasteiger partial charge in [-0.2, -0.15) is 0 Å². The Morgan fingerprint density at radius 2 is 1.81 bits per heavy atom. The Morgan fingerprint density at radius 1 is 1.19 bits per heavy atom. The molecule has 0 aliphatic heterocycles. The quantitative estimate of drug-likeness (QED) is 0.502. The highest BCUT2D eigenvalue weighted by Gasteiger charge is 2.31. The molecule has 1 saturated carbocycles. The van der Waals surface area contributed by atoms with Gasteiger partial charge in [0.15, 0.2) is 0 Å². The zero-order valence-electron chi connectivity index (χ0n) is 10.3. The third-order valence-electron chi connectivity index (χ3n) is 3.67. The Labute approximate surface area is 97.7 Å². The zero-order chi connectivity index (χ0) is 12.1. The lowest BCUT2D eigenvalue weighted by molar-refractivity contribution is -0.0809. The lowest BCUT2D eigenvalue weighted by Crippen LogP contribution is -2.45. The minimum Gasteiger partial charge on any atom is -0.390 e. The zero-order valence-corrected chi connectivity index (χ0v) is 10.3. The van der Waals surface area contributed by atoms with E-state index in [4.69, 9.17) is 0 Å². The van der Waals surface area contributed by atoms with Crippen LogP contribution in [-0.2, 0) is 0 Å². The standard InChI is InChI=1S/C12H25NO3/c1-8(6-9-4-3-5-9)11(15)12(16)10(14)7-13-2/h8-16H,3-7H2,1-2H3. The average molecular weight is 231 g/mol. The number of hydrogen-bond acceptors (Lipinski definition) is 4. The number of rotatable bonds is 7. The molecule has 4 atom stereocenters. The van der Waals surface area contributed by atoms with Gasteiger partial charge in [0.05, 0.1) is 12.2 Å². The van der Waals surface area contributed by atoms with Gasteiger partial charge in [0.25, 0.3) is 0 Å². The maximum absolute atomic E-state index is 9.91. The van der Waals surface area contributed by atoms with Crippen LogP contribution in [0, 0.1) is 11.8 Å². The molecule has 1 fully saturated rings. The maximum Gasteiger partial charge on any atom is 0.107 e. The molecule has 1 aliphatic rings. The fourth-order valence-corrected chi connectivity index (χ4v) is 2.29. The Morgan fingerprint density at radius 3 is 2.25 bits per heavy atom. The lowest BCUT2D eigenvalue weighted by atomic mass is 9.77. The molecule has 1 rings (SSSR count). The second-order valence-electron chi connectivity index (χ2n) is 5.12. The Hall–Kier alpha value is -0.160. The summed E-state index contributed by atoms with van der Waals surface area (Å²) >= 11 is 0. The van der Waals surface area contributed by atoms with Crippen LogP contribution in [0.4, 0.5) is 0 Å². The first-order valence-corrected chi connectivity index (χ1v) is 6.25. The van der Waals surface area contributed by atoms with Crippen molar-refractivity contribution < 1.29 is 15.3 Å². The number of aliphatic hydroxyl groups excluding tert-OH is 3. The van der Waals surface area contributed by atoms with Crippen LogP contribution in [0.1, 0.15) is 32.6 Å². The van der Waals surface area contributed by atoms with Crippen molar-refractivity contribution in [2.45, 2.75) is 50.9 Å². The van der Waals surface area contributed by atoms with Crippen molar-refractivity contribution in [2.24, 2.45) is 11.8 Å². The van der Waals surface area contributed by atoms with E-state index < -0.39 is 18.3 Å². The summed E-state index contributed by atoms with van der Waals surface area (Å²) in [5.74, 6) is 0.755. The summed E-state index contributed by atoms with van der Waals surface area (Å²) in [7, 11) is 1.71. The first-order chi connectivity index (χ1) is 7.56. The summed E-state index contributed by atoms with van der Waals surface area (Å²) < 4.78 is 0. The topological polar surface area (TPSA) is 72.7 Å². The van der Waals surface area contributed by atoms with Gasteiger partial charge in [0.2, 0.25) is 0 Å². The second-order valence-corrected chi connectivity index (χ2v) is 5.12. The van der Waals surface area contributed by atoms with Crippen LogP contribution in [-0.4, -0.2) is 47.2 Å². The van der Waals surface area contributed by atoms with Crippen molar-refractivity contribution in [1.82, 2.24) is 5.32 Å². The van der Waals surface area contributed by atoms with E-state index in [9.17, 15) is 15.3 Å². The number of nitrogens with one attached hydrogen (secondary N) is 1. The van der Waals surface area contributed by atoms with Gasteiger partial charge in [-0.3, -0.25) is 0 Å². The van der Waals surface area contributed by atoms with Gasteiger partial charge < -0.3 is 20.6 Å². The number of likely N-dealkylation sites (N-methyl/N-ethyl adjacent to an activating group) is 1. The molecule has 4 unspecified atom stereocenters. The van der Waals surface area contributed by atoms with E-state index in [1.165, 1.54) is 19.3 Å². The highest BCUT2D eigenvalue weighted by Crippen LogP contribution is 2.33. The van der Waals surface area contributed by atoms with Crippen LogP contribution in [0.25, 0.3) is 0 Å². The predicted molar refractivity (Wildman–Crippen MR) is 63.1 cm³/mol. The molecule has 0 bridgehead atoms. The van der Waals surface area contributed by atoms with E-state index in [2.05, 4.69) is 5.32 Å². The molecule has 0 aromatic carbocycles. The van der Waals surface area contributed by atoms with Gasteiger partial charge in [-0.15, -0.1) is 0 Å². The van der Waals surface area contributed by atoms with Crippen molar-refractivity contribution in [3.63, 3.8) is 0 Å². The molecule has 4 N–H and O–H groups in total. The molecule has 0 radical (unpaired) electrons. The van der Waals surface area contributed by atoms with Crippen molar-refractivity contribution in [2.75, 3.05) is 13.6 Å². The van der Waals surface area contributed by atoms with Crippen molar-refractivity contribution in [3.8, 4) is 0 Å². The Balaban J connectivity index is 2.32. The smallest absolute Gasteiger partial charge is 0.107 e. The minimum absolute atomic E-state index is 0.0480. The Bertz CT molecular complexity index is 197. The predicted octanol–water partition coefficient (Wildman–Crippen LogP) is 0.115. The molecule has 96 valence electrons. The van der Waals surface area contributed by atoms with E-state index in [1.807, 2.05) is 6.92 Å². The number of hydrogen-bond donors (Lipinski definition) is 4. The molecule has 0 saturated heterocycles. The summed E-state index contributed by atoms with van der Waals surface area (Å²) in [4.78, 5) is 0. The molecule has 16 heavy (non-hydrogen) atoms. The van der Waals surface area contributed by atoms with Crippen LogP contribution in [0.15, 0.2) is 0 Å². The summed E-state index contributed by atoms with van der Waals surface area (Å²) in [6.45, 7) is 2.24. The molecule has 4 heteroatoms. The van der Waals surface area contributed by atoms with Crippen LogP contribution < -0.4 is 5.32 Å². The second kappa shape index (κ2) is 6.55. The molecule has 0 heterocycles. The van der Waals surface area contributed by atoms with Crippen molar-refractivity contribution in [3.05, 3.63) is 0 Å². The van der Waals surface area contributed by atoms with E-state index in [0.717, 1.165) is 6.42 Å². The van der Waals surface area contributed by atoms with E-state index in [1.54, 1.807) is 7.05 Å². The van der Waals surface area contributed by atoms with Crippen molar-refractivity contribution >= 4 is 0 Å². The first-order valence-electron chi connectivity index (χ1n) is 6.25. The normalized spacial score (nSPS) is 24.6. The Kier molecular flexibility index (Phi) is 5.69. The van der Waals surface area contributed by atoms with Gasteiger partial charge in [-0.1, -0.05) is 26.2 Å². The van der Waals surface area contributed by atoms with Gasteiger partial charge in [-0.05, 0) is 25.3 Å². The maximum atomic E-state index is 9.91. The molecular weight excluding hydrogens is 206 g/mol. The van der Waals surface area contributed by atoms with Gasteiger partial charge in [0.1, 0.15) is 6.10 Å². The lowest BCUT2D eigenvalue weighted by Gasteiger charge is -2.32. The highest BCUT2D eigenvalue weighted by atomic mass is 16.4. The van der Waals surface area contributed by atoms with Crippen LogP contribution in [0.2, 0.25) is 0 Å². The SMILES string of the molecule is CNCC(O)C(O)C(O)C(C)CC1CCC1. The molecule has 1 aliphatic carbocycles. The van der Waals surface area contributed by atoms with Crippen molar-refractivity contribution in [1.29, 1.82) is 0 Å². The van der Waals surface area contributed by atoms with E-state index in [0.29, 0.717) is 12.5 Å². The van der Waals surface area contributed by atoms with Gasteiger partial charge in [0, 0.05) is 6.54 Å². The third-order valence-corrected chi connectivity index (χ3v) is 3.67. The summed E-state index contributed by atoms with van der Waals surface area (Å²) in [5.41, 5.74) is 0. The van der Waals surface area contributed by atoms with Crippen LogP contribution >= 0.6 is 0 Å². The molecule has 0 spiro atoms. The number of aliphatic hydroxyl groups is 3. The molecule has 0 aromatic rings. The summed E-state index contributed by atoms with van der Waals surface area (Å²) in [6, 6.07) is 0. The highest BCUT2D eigenvalue weighted by molar-refractivity contribution is 4.82. The van der Waals surface area contributed by atoms with Crippen LogP contribution in [0.5, 0.6) is 0 Å². The monoisotopic (exact) mass is 231 g/mol. The molecular formula is C12H25NO3. The van der Waals surface area contributed by atoms with Gasteiger partial charge in [-0.25, -0.2) is 0 Å². The van der Waals surface area contributed by atoms with E-state index >= 15 is 0 Å². The molecule has 0 aromatic heterocycles. The molecule has 0 amide bonds. The fourth-order valence-electron chi connectivity index (χ4n) is 2.29. The fraction of sp³-hybridized carbons (Fsp3) is 1.00. The summed E-state index contributed by atoms with van der Waals surface area (Å²) in [5, 5.41) is 32.0. The third kappa shape index (κ3) is 3.70.